The van der Waals surface area contributed by atoms with E-state index in [1.54, 1.807) is 10.7 Å². The van der Waals surface area contributed by atoms with Crippen LogP contribution in [0.2, 0.25) is 0 Å². The van der Waals surface area contributed by atoms with Crippen LogP contribution in [0.25, 0.3) is 0 Å². The van der Waals surface area contributed by atoms with E-state index in [0.29, 0.717) is 17.1 Å². The Morgan fingerprint density at radius 2 is 2.26 bits per heavy atom. The topological polar surface area (TPSA) is 73.0 Å². The van der Waals surface area contributed by atoms with Crippen LogP contribution in [0, 0.1) is 0 Å². The number of amides is 1. The van der Waals surface area contributed by atoms with Gasteiger partial charge in [0, 0.05) is 18.7 Å². The maximum Gasteiger partial charge on any atom is 0.276 e. The van der Waals surface area contributed by atoms with Crippen LogP contribution < -0.4 is 5.32 Å². The number of carbonyl (C=O) groups is 1. The van der Waals surface area contributed by atoms with Crippen molar-refractivity contribution < 1.29 is 9.32 Å². The third-order valence-electron chi connectivity index (χ3n) is 2.94. The molecule has 0 aromatic carbocycles. The van der Waals surface area contributed by atoms with Crippen LogP contribution in [0.15, 0.2) is 16.8 Å². The molecule has 102 valence electrons. The van der Waals surface area contributed by atoms with E-state index in [0.717, 1.165) is 12.1 Å². The van der Waals surface area contributed by atoms with Gasteiger partial charge in [0.1, 0.15) is 5.69 Å². The van der Waals surface area contributed by atoms with Crippen molar-refractivity contribution in [2.75, 3.05) is 5.32 Å². The minimum absolute atomic E-state index is 0.160. The Balaban J connectivity index is 2.18. The predicted molar refractivity (Wildman–Crippen MR) is 71.1 cm³/mol. The third kappa shape index (κ3) is 2.67. The number of rotatable bonds is 4. The number of aromatic nitrogens is 3. The molecular formula is C13H18N4O2. The second-order valence-corrected chi connectivity index (χ2v) is 4.71. The lowest BCUT2D eigenvalue weighted by Crippen LogP contribution is -2.13. The van der Waals surface area contributed by atoms with Crippen molar-refractivity contribution in [3.63, 3.8) is 0 Å². The molecule has 0 radical (unpaired) electrons. The van der Waals surface area contributed by atoms with Crippen LogP contribution in [0.1, 0.15) is 48.6 Å². The Morgan fingerprint density at radius 3 is 2.84 bits per heavy atom. The summed E-state index contributed by atoms with van der Waals surface area (Å²) < 4.78 is 6.84. The molecule has 0 fully saturated rings. The number of carbonyl (C=O) groups excluding carboxylic acids is 1. The fraction of sp³-hybridized carbons (Fsp3) is 0.462. The molecule has 0 aliphatic carbocycles. The Bertz CT molecular complexity index is 583. The lowest BCUT2D eigenvalue weighted by atomic mass is 10.1. The number of nitrogens with zero attached hydrogens (tertiary/aromatic N) is 3. The van der Waals surface area contributed by atoms with Crippen LogP contribution in [0.5, 0.6) is 0 Å². The monoisotopic (exact) mass is 262 g/mol. The van der Waals surface area contributed by atoms with E-state index in [2.05, 4.69) is 15.6 Å². The van der Waals surface area contributed by atoms with E-state index in [4.69, 9.17) is 4.52 Å². The van der Waals surface area contributed by atoms with E-state index in [1.165, 1.54) is 6.20 Å². The van der Waals surface area contributed by atoms with Crippen LogP contribution in [-0.2, 0) is 13.5 Å². The van der Waals surface area contributed by atoms with Gasteiger partial charge in [-0.05, 0) is 12.5 Å². The summed E-state index contributed by atoms with van der Waals surface area (Å²) in [4.78, 5) is 12.1. The van der Waals surface area contributed by atoms with Crippen molar-refractivity contribution in [2.45, 2.75) is 33.1 Å². The van der Waals surface area contributed by atoms with Crippen molar-refractivity contribution in [1.29, 1.82) is 0 Å². The number of nitrogens with one attached hydrogen (secondary N) is 1. The average Bonchev–Trinajstić information content (AvgIpc) is 2.95. The second kappa shape index (κ2) is 5.26. The standard InChI is InChI=1S/C13H18N4O2/c1-5-9-6-10(16-17(9)4)13(18)15-11-7-14-19-12(11)8(2)3/h6-8H,5H2,1-4H3,(H,15,18). The molecule has 2 rings (SSSR count). The largest absolute Gasteiger partial charge is 0.359 e. The van der Waals surface area contributed by atoms with Gasteiger partial charge in [-0.3, -0.25) is 9.48 Å². The zero-order chi connectivity index (χ0) is 14.0. The minimum atomic E-state index is -0.250. The second-order valence-electron chi connectivity index (χ2n) is 4.71. The van der Waals surface area contributed by atoms with Crippen molar-refractivity contribution in [1.82, 2.24) is 14.9 Å². The quantitative estimate of drug-likeness (QED) is 0.917. The number of anilines is 1. The molecule has 19 heavy (non-hydrogen) atoms. The fourth-order valence-electron chi connectivity index (χ4n) is 1.89. The molecule has 0 bridgehead atoms. The first-order valence-electron chi connectivity index (χ1n) is 6.31. The van der Waals surface area contributed by atoms with Gasteiger partial charge in [-0.25, -0.2) is 0 Å². The Kier molecular flexibility index (Phi) is 3.69. The number of hydrogen-bond donors (Lipinski definition) is 1. The summed E-state index contributed by atoms with van der Waals surface area (Å²) in [6.07, 6.45) is 2.35. The predicted octanol–water partition coefficient (Wildman–Crippen LogP) is 2.35. The summed E-state index contributed by atoms with van der Waals surface area (Å²) in [7, 11) is 1.83. The van der Waals surface area contributed by atoms with Crippen LogP contribution >= 0.6 is 0 Å². The van der Waals surface area contributed by atoms with Crippen LogP contribution in [-0.4, -0.2) is 20.8 Å². The number of hydrogen-bond acceptors (Lipinski definition) is 4. The highest BCUT2D eigenvalue weighted by atomic mass is 16.5. The third-order valence-corrected chi connectivity index (χ3v) is 2.94. The molecule has 1 amide bonds. The van der Waals surface area contributed by atoms with Gasteiger partial charge in [0.25, 0.3) is 5.91 Å². The zero-order valence-electron chi connectivity index (χ0n) is 11.6. The molecular weight excluding hydrogens is 244 g/mol. The maximum absolute atomic E-state index is 12.1. The molecule has 0 spiro atoms. The molecule has 0 aliphatic rings. The summed E-state index contributed by atoms with van der Waals surface area (Å²) in [6, 6.07) is 1.79. The van der Waals surface area contributed by atoms with Crippen LogP contribution in [0.4, 0.5) is 5.69 Å². The van der Waals surface area contributed by atoms with Crippen molar-refractivity contribution in [2.24, 2.45) is 7.05 Å². The molecule has 0 unspecified atom stereocenters. The molecule has 2 aromatic heterocycles. The van der Waals surface area contributed by atoms with Crippen LogP contribution in [0.3, 0.4) is 0 Å². The summed E-state index contributed by atoms with van der Waals surface area (Å²) >= 11 is 0. The average molecular weight is 262 g/mol. The lowest BCUT2D eigenvalue weighted by molar-refractivity contribution is 0.102. The molecule has 6 nitrogen and oxygen atoms in total. The van der Waals surface area contributed by atoms with E-state index in [-0.39, 0.29) is 11.8 Å². The highest BCUT2D eigenvalue weighted by Crippen LogP contribution is 2.23. The summed E-state index contributed by atoms with van der Waals surface area (Å²) in [6.45, 7) is 5.98. The minimum Gasteiger partial charge on any atom is -0.359 e. The van der Waals surface area contributed by atoms with Gasteiger partial charge in [-0.2, -0.15) is 5.10 Å². The first-order chi connectivity index (χ1) is 9.02. The normalized spacial score (nSPS) is 11.0. The molecule has 0 atom stereocenters. The highest BCUT2D eigenvalue weighted by molar-refractivity contribution is 6.03. The first kappa shape index (κ1) is 13.3. The van der Waals surface area contributed by atoms with E-state index >= 15 is 0 Å². The SMILES string of the molecule is CCc1cc(C(=O)Nc2cnoc2C(C)C)nn1C. The fourth-order valence-corrected chi connectivity index (χ4v) is 1.89. The van der Waals surface area contributed by atoms with Gasteiger partial charge in [-0.1, -0.05) is 25.9 Å². The zero-order valence-corrected chi connectivity index (χ0v) is 11.6. The molecule has 0 saturated heterocycles. The molecule has 0 aliphatic heterocycles. The van der Waals surface area contributed by atoms with Gasteiger partial charge in [-0.15, -0.1) is 0 Å². The Labute approximate surface area is 111 Å². The molecule has 2 heterocycles. The number of aryl methyl sites for hydroxylation is 2. The summed E-state index contributed by atoms with van der Waals surface area (Å²) in [5.74, 6) is 0.577. The maximum atomic E-state index is 12.1. The van der Waals surface area contributed by atoms with Gasteiger partial charge in [0.05, 0.1) is 6.20 Å². The molecule has 0 saturated carbocycles. The van der Waals surface area contributed by atoms with Gasteiger partial charge in [0.2, 0.25) is 0 Å². The first-order valence-corrected chi connectivity index (χ1v) is 6.31. The van der Waals surface area contributed by atoms with Crippen molar-refractivity contribution in [3.05, 3.63) is 29.4 Å². The van der Waals surface area contributed by atoms with Crippen molar-refractivity contribution in [3.8, 4) is 0 Å². The summed E-state index contributed by atoms with van der Waals surface area (Å²) in [5.41, 5.74) is 2.01. The Morgan fingerprint density at radius 1 is 1.53 bits per heavy atom. The Hall–Kier alpha value is -2.11. The van der Waals surface area contributed by atoms with Gasteiger partial charge in [0.15, 0.2) is 11.5 Å². The van der Waals surface area contributed by atoms with E-state index in [1.807, 2.05) is 27.8 Å². The van der Waals surface area contributed by atoms with E-state index < -0.39 is 0 Å². The van der Waals surface area contributed by atoms with Gasteiger partial charge < -0.3 is 9.84 Å². The lowest BCUT2D eigenvalue weighted by Gasteiger charge is -2.04. The smallest absolute Gasteiger partial charge is 0.276 e. The van der Waals surface area contributed by atoms with Crippen molar-refractivity contribution >= 4 is 11.6 Å². The summed E-state index contributed by atoms with van der Waals surface area (Å²) in [5, 5.41) is 10.7. The van der Waals surface area contributed by atoms with Gasteiger partial charge >= 0.3 is 0 Å². The molecule has 1 N–H and O–H groups in total. The molecule has 6 heteroatoms. The van der Waals surface area contributed by atoms with E-state index in [9.17, 15) is 4.79 Å². The molecule has 2 aromatic rings. The highest BCUT2D eigenvalue weighted by Gasteiger charge is 2.17.